The lowest BCUT2D eigenvalue weighted by Gasteiger charge is -2.19. The van der Waals surface area contributed by atoms with Crippen LogP contribution in [0.4, 0.5) is 5.82 Å². The molecule has 4 aromatic rings. The van der Waals surface area contributed by atoms with Crippen molar-refractivity contribution in [3.63, 3.8) is 0 Å². The van der Waals surface area contributed by atoms with Crippen molar-refractivity contribution in [1.29, 1.82) is 0 Å². The van der Waals surface area contributed by atoms with E-state index in [4.69, 9.17) is 21.6 Å². The Kier molecular flexibility index (Phi) is 5.18. The third kappa shape index (κ3) is 3.46. The molecule has 0 aliphatic carbocycles. The number of hydrogen-bond donors (Lipinski definition) is 2. The van der Waals surface area contributed by atoms with Gasteiger partial charge in [-0.25, -0.2) is 19.9 Å². The first-order valence-corrected chi connectivity index (χ1v) is 11.1. The van der Waals surface area contributed by atoms with Gasteiger partial charge < -0.3 is 15.2 Å². The molecule has 0 unspecified atom stereocenters. The molecule has 0 radical (unpaired) electrons. The number of aromatic nitrogens is 6. The number of likely N-dealkylation sites (N-methyl/N-ethyl adjacent to an activating group) is 1. The third-order valence-electron chi connectivity index (χ3n) is 5.38. The molecule has 0 aromatic carbocycles. The van der Waals surface area contributed by atoms with E-state index < -0.39 is 0 Å². The standard InChI is InChI=1S/C20H21ClN8S/c1-3-13-16(21)15-18(26-13)27-20(28-19(15)29-7-4-11(10-29)22-2)30-12-8-14-17(25-9-12)24-6-5-23-14/h5-6,8-9,11,22H,3-4,7,10H2,1-2H3,(H,26,27,28)/t11-/m0/s1. The number of anilines is 1. The minimum absolute atomic E-state index is 0.442. The van der Waals surface area contributed by atoms with E-state index in [1.54, 1.807) is 18.6 Å². The van der Waals surface area contributed by atoms with Crippen molar-refractivity contribution in [2.24, 2.45) is 0 Å². The van der Waals surface area contributed by atoms with Crippen LogP contribution in [0.15, 0.2) is 34.7 Å². The molecule has 1 atom stereocenters. The van der Waals surface area contributed by atoms with E-state index in [0.29, 0.717) is 16.8 Å². The minimum Gasteiger partial charge on any atom is -0.354 e. The summed E-state index contributed by atoms with van der Waals surface area (Å²) in [7, 11) is 2.00. The van der Waals surface area contributed by atoms with Gasteiger partial charge in [0.2, 0.25) is 0 Å². The normalized spacial score (nSPS) is 16.8. The van der Waals surface area contributed by atoms with E-state index in [1.165, 1.54) is 11.8 Å². The first-order chi connectivity index (χ1) is 14.7. The number of nitrogens with zero attached hydrogens (tertiary/aromatic N) is 6. The number of aromatic amines is 1. The summed E-state index contributed by atoms with van der Waals surface area (Å²) in [6.45, 7) is 3.90. The average Bonchev–Trinajstić information content (AvgIpc) is 3.38. The molecule has 30 heavy (non-hydrogen) atoms. The molecule has 1 fully saturated rings. The molecule has 0 saturated carbocycles. The van der Waals surface area contributed by atoms with Crippen molar-refractivity contribution in [3.05, 3.63) is 35.4 Å². The van der Waals surface area contributed by atoms with Crippen LogP contribution in [0.25, 0.3) is 22.2 Å². The zero-order valence-electron chi connectivity index (χ0n) is 16.7. The molecule has 8 nitrogen and oxygen atoms in total. The average molecular weight is 441 g/mol. The van der Waals surface area contributed by atoms with E-state index in [1.807, 2.05) is 13.1 Å². The van der Waals surface area contributed by atoms with Gasteiger partial charge in [0.15, 0.2) is 10.8 Å². The maximum absolute atomic E-state index is 6.70. The molecule has 0 amide bonds. The van der Waals surface area contributed by atoms with Gasteiger partial charge in [0.25, 0.3) is 0 Å². The van der Waals surface area contributed by atoms with E-state index in [2.05, 4.69) is 37.1 Å². The molecular formula is C20H21ClN8S. The Morgan fingerprint density at radius 1 is 1.27 bits per heavy atom. The summed E-state index contributed by atoms with van der Waals surface area (Å²) in [4.78, 5) is 29.2. The summed E-state index contributed by atoms with van der Waals surface area (Å²) in [6.07, 6.45) is 6.96. The number of pyridine rings is 1. The van der Waals surface area contributed by atoms with Gasteiger partial charge >= 0.3 is 0 Å². The van der Waals surface area contributed by atoms with Crippen LogP contribution in [-0.2, 0) is 6.42 Å². The van der Waals surface area contributed by atoms with Crippen molar-refractivity contribution in [2.45, 2.75) is 35.9 Å². The number of fused-ring (bicyclic) bond motifs is 2. The molecule has 2 N–H and O–H groups in total. The van der Waals surface area contributed by atoms with Crippen LogP contribution in [-0.4, -0.2) is 56.1 Å². The molecule has 0 spiro atoms. The van der Waals surface area contributed by atoms with Crippen LogP contribution in [0.1, 0.15) is 19.0 Å². The lowest BCUT2D eigenvalue weighted by molar-refractivity contribution is 0.616. The highest BCUT2D eigenvalue weighted by atomic mass is 35.5. The Balaban J connectivity index is 1.57. The first kappa shape index (κ1) is 19.5. The van der Waals surface area contributed by atoms with Crippen molar-refractivity contribution >= 4 is 51.4 Å². The predicted molar refractivity (Wildman–Crippen MR) is 119 cm³/mol. The van der Waals surface area contributed by atoms with Crippen molar-refractivity contribution in [3.8, 4) is 0 Å². The van der Waals surface area contributed by atoms with Crippen LogP contribution in [0.5, 0.6) is 0 Å². The van der Waals surface area contributed by atoms with Crippen LogP contribution in [0.3, 0.4) is 0 Å². The number of H-pyrrole nitrogens is 1. The lowest BCUT2D eigenvalue weighted by Crippen LogP contribution is -2.30. The summed E-state index contributed by atoms with van der Waals surface area (Å²) in [5, 5.41) is 5.63. The van der Waals surface area contributed by atoms with Crippen LogP contribution in [0.2, 0.25) is 5.02 Å². The van der Waals surface area contributed by atoms with Gasteiger partial charge in [0.1, 0.15) is 17.0 Å². The van der Waals surface area contributed by atoms with Crippen molar-refractivity contribution < 1.29 is 0 Å². The maximum Gasteiger partial charge on any atom is 0.196 e. The van der Waals surface area contributed by atoms with Gasteiger partial charge in [-0.2, -0.15) is 0 Å². The van der Waals surface area contributed by atoms with E-state index in [0.717, 1.165) is 63.9 Å². The number of halogens is 1. The summed E-state index contributed by atoms with van der Waals surface area (Å²) >= 11 is 8.17. The van der Waals surface area contributed by atoms with Gasteiger partial charge in [-0.3, -0.25) is 4.98 Å². The summed E-state index contributed by atoms with van der Waals surface area (Å²) in [6, 6.07) is 2.40. The molecule has 4 aromatic heterocycles. The summed E-state index contributed by atoms with van der Waals surface area (Å²) in [5.41, 5.74) is 3.12. The SMILES string of the molecule is CCc1[nH]c2nc(Sc3cnc4nccnc4c3)nc(N3CC[C@H](NC)C3)c2c1Cl. The largest absolute Gasteiger partial charge is 0.354 e. The second kappa shape index (κ2) is 7.98. The van der Waals surface area contributed by atoms with Gasteiger partial charge in [-0.05, 0) is 37.7 Å². The molecule has 1 saturated heterocycles. The molecule has 1 aliphatic heterocycles. The number of hydrogen-bond acceptors (Lipinski definition) is 8. The maximum atomic E-state index is 6.70. The third-order valence-corrected chi connectivity index (χ3v) is 6.62. The predicted octanol–water partition coefficient (Wildman–Crippen LogP) is 3.46. The number of rotatable bonds is 5. The second-order valence-electron chi connectivity index (χ2n) is 7.22. The fourth-order valence-electron chi connectivity index (χ4n) is 3.78. The van der Waals surface area contributed by atoms with Gasteiger partial charge in [-0.1, -0.05) is 18.5 Å². The fraction of sp³-hybridized carbons (Fsp3) is 0.350. The smallest absolute Gasteiger partial charge is 0.196 e. The molecule has 1 aliphatic rings. The highest BCUT2D eigenvalue weighted by molar-refractivity contribution is 7.99. The van der Waals surface area contributed by atoms with Gasteiger partial charge in [0.05, 0.1) is 10.4 Å². The molecule has 154 valence electrons. The topological polar surface area (TPSA) is 95.5 Å². The summed E-state index contributed by atoms with van der Waals surface area (Å²) < 4.78 is 0. The van der Waals surface area contributed by atoms with Gasteiger partial charge in [0, 0.05) is 48.3 Å². The van der Waals surface area contributed by atoms with E-state index in [9.17, 15) is 0 Å². The van der Waals surface area contributed by atoms with Gasteiger partial charge in [-0.15, -0.1) is 0 Å². The monoisotopic (exact) mass is 440 g/mol. The van der Waals surface area contributed by atoms with Crippen LogP contribution >= 0.6 is 23.4 Å². The number of nitrogens with one attached hydrogen (secondary N) is 2. The minimum atomic E-state index is 0.442. The molecule has 10 heteroatoms. The van der Waals surface area contributed by atoms with Crippen LogP contribution in [0, 0.1) is 0 Å². The molecule has 5 heterocycles. The zero-order valence-corrected chi connectivity index (χ0v) is 18.3. The zero-order chi connectivity index (χ0) is 20.7. The highest BCUT2D eigenvalue weighted by Crippen LogP contribution is 2.37. The Hall–Kier alpha value is -2.49. The quantitative estimate of drug-likeness (QED) is 0.455. The fourth-order valence-corrected chi connectivity index (χ4v) is 4.89. The molecule has 0 bridgehead atoms. The lowest BCUT2D eigenvalue weighted by atomic mass is 10.3. The van der Waals surface area contributed by atoms with E-state index >= 15 is 0 Å². The first-order valence-electron chi connectivity index (χ1n) is 9.91. The highest BCUT2D eigenvalue weighted by Gasteiger charge is 2.27. The molecular weight excluding hydrogens is 420 g/mol. The Bertz CT molecular complexity index is 1230. The summed E-state index contributed by atoms with van der Waals surface area (Å²) in [5.74, 6) is 0.884. The van der Waals surface area contributed by atoms with Crippen molar-refractivity contribution in [2.75, 3.05) is 25.0 Å². The van der Waals surface area contributed by atoms with Crippen LogP contribution < -0.4 is 10.2 Å². The van der Waals surface area contributed by atoms with Crippen molar-refractivity contribution in [1.82, 2.24) is 35.2 Å². The molecule has 5 rings (SSSR count). The second-order valence-corrected chi connectivity index (χ2v) is 8.64. The Morgan fingerprint density at radius 3 is 2.93 bits per heavy atom. The van der Waals surface area contributed by atoms with E-state index in [-0.39, 0.29) is 0 Å². The number of aryl methyl sites for hydroxylation is 1. The Morgan fingerprint density at radius 2 is 2.13 bits per heavy atom. The Labute approximate surface area is 182 Å².